The van der Waals surface area contributed by atoms with Gasteiger partial charge in [0.25, 0.3) is 5.62 Å². The fourth-order valence-corrected chi connectivity index (χ4v) is 3.09. The molecule has 1 aliphatic rings. The number of nitrogens with one attached hydrogen (secondary N) is 3. The van der Waals surface area contributed by atoms with Crippen LogP contribution in [0.2, 0.25) is 0 Å². The predicted molar refractivity (Wildman–Crippen MR) is 110 cm³/mol. The molecule has 31 heavy (non-hydrogen) atoms. The fourth-order valence-electron chi connectivity index (χ4n) is 3.09. The van der Waals surface area contributed by atoms with Gasteiger partial charge in [0.2, 0.25) is 11.8 Å². The molecule has 1 fully saturated rings. The Kier molecular flexibility index (Phi) is 4.44. The smallest absolute Gasteiger partial charge is 0.326 e. The van der Waals surface area contributed by atoms with Crippen molar-refractivity contribution in [2.45, 2.75) is 25.4 Å². The number of imidazole rings is 1. The van der Waals surface area contributed by atoms with Gasteiger partial charge in [-0.15, -0.1) is 0 Å². The number of aromatic nitrogens is 6. The van der Waals surface area contributed by atoms with Gasteiger partial charge in [0.05, 0.1) is 23.9 Å². The zero-order chi connectivity index (χ0) is 21.4. The average Bonchev–Trinajstić information content (AvgIpc) is 3.41. The summed E-state index contributed by atoms with van der Waals surface area (Å²) in [6, 6.07) is 9.61. The van der Waals surface area contributed by atoms with E-state index in [1.54, 1.807) is 24.4 Å². The van der Waals surface area contributed by atoms with Crippen LogP contribution in [0.4, 0.5) is 5.95 Å². The van der Waals surface area contributed by atoms with Crippen molar-refractivity contribution in [2.24, 2.45) is 4.99 Å². The highest BCUT2D eigenvalue weighted by Crippen LogP contribution is 2.22. The molecular weight excluding hydrogens is 398 g/mol. The molecule has 3 aromatic heterocycles. The second kappa shape index (κ2) is 7.42. The van der Waals surface area contributed by atoms with Crippen molar-refractivity contribution in [2.75, 3.05) is 5.32 Å². The molecule has 1 saturated carbocycles. The van der Waals surface area contributed by atoms with Crippen LogP contribution in [0.5, 0.6) is 5.88 Å². The van der Waals surface area contributed by atoms with Crippen LogP contribution in [0.15, 0.2) is 40.2 Å². The Bertz CT molecular complexity index is 1500. The Hall–Kier alpha value is -4.46. The topological polar surface area (TPSA) is 160 Å². The quantitative estimate of drug-likeness (QED) is 0.355. The van der Waals surface area contributed by atoms with E-state index in [4.69, 9.17) is 5.26 Å². The standard InChI is InChI=1S/C20H17N9O2/c21-8-11-2-1-3-12(6-11)9-22-18-26-16-13(7-15-17(30)27-20(31)25-15)10-23-29(16)19(28-18)24-14-4-5-14/h1-3,6-7,10,14,30H,4-5,9H2,(H,22,24,28)(H2,25,27,31). The molecule has 0 atom stereocenters. The number of rotatable bonds is 5. The van der Waals surface area contributed by atoms with Gasteiger partial charge in [-0.1, -0.05) is 12.1 Å². The SMILES string of the molecule is N#Cc1cccc(CNc2nc(=NC3CC3)n3ncc(=Cc4[nH]c(=O)[nH]c4O)c3n2)c1. The highest BCUT2D eigenvalue weighted by molar-refractivity contribution is 5.57. The maximum Gasteiger partial charge on any atom is 0.326 e. The molecule has 11 heteroatoms. The maximum atomic E-state index is 11.4. The summed E-state index contributed by atoms with van der Waals surface area (Å²) in [6.45, 7) is 0.424. The summed E-state index contributed by atoms with van der Waals surface area (Å²) in [5.74, 6) is 0.0909. The van der Waals surface area contributed by atoms with E-state index in [2.05, 4.69) is 41.4 Å². The van der Waals surface area contributed by atoms with Crippen molar-refractivity contribution in [3.63, 3.8) is 0 Å². The second-order valence-corrected chi connectivity index (χ2v) is 7.19. The number of H-pyrrole nitrogens is 2. The molecule has 0 bridgehead atoms. The molecule has 0 unspecified atom stereocenters. The third kappa shape index (κ3) is 3.86. The zero-order valence-corrected chi connectivity index (χ0v) is 16.2. The van der Waals surface area contributed by atoms with E-state index in [9.17, 15) is 9.90 Å². The average molecular weight is 415 g/mol. The molecule has 0 amide bonds. The number of aromatic amines is 2. The first-order chi connectivity index (χ1) is 15.1. The molecule has 3 heterocycles. The molecule has 1 aliphatic carbocycles. The summed E-state index contributed by atoms with van der Waals surface area (Å²) in [4.78, 5) is 29.9. The van der Waals surface area contributed by atoms with Gasteiger partial charge < -0.3 is 15.4 Å². The van der Waals surface area contributed by atoms with E-state index in [0.29, 0.717) is 34.5 Å². The molecule has 11 nitrogen and oxygen atoms in total. The normalized spacial score (nSPS) is 14.8. The number of nitriles is 1. The summed E-state index contributed by atoms with van der Waals surface area (Å²) in [7, 11) is 0. The zero-order valence-electron chi connectivity index (χ0n) is 16.2. The van der Waals surface area contributed by atoms with Gasteiger partial charge in [0, 0.05) is 11.8 Å². The van der Waals surface area contributed by atoms with E-state index in [1.807, 2.05) is 12.1 Å². The number of fused-ring (bicyclic) bond motifs is 1. The lowest BCUT2D eigenvalue weighted by Crippen LogP contribution is -2.24. The third-order valence-corrected chi connectivity index (χ3v) is 4.76. The van der Waals surface area contributed by atoms with Crippen molar-refractivity contribution in [1.29, 1.82) is 5.26 Å². The van der Waals surface area contributed by atoms with Crippen LogP contribution in [-0.4, -0.2) is 40.7 Å². The Morgan fingerprint density at radius 2 is 2.23 bits per heavy atom. The van der Waals surface area contributed by atoms with Gasteiger partial charge in [-0.3, -0.25) is 4.98 Å². The highest BCUT2D eigenvalue weighted by Gasteiger charge is 2.21. The minimum atomic E-state index is -0.513. The molecular formula is C20H17N9O2. The van der Waals surface area contributed by atoms with Crippen LogP contribution in [0.1, 0.15) is 29.7 Å². The molecule has 0 spiro atoms. The monoisotopic (exact) mass is 415 g/mol. The van der Waals surface area contributed by atoms with E-state index < -0.39 is 5.69 Å². The van der Waals surface area contributed by atoms with Crippen molar-refractivity contribution in [1.82, 2.24) is 29.5 Å². The van der Waals surface area contributed by atoms with E-state index in [0.717, 1.165) is 18.4 Å². The largest absolute Gasteiger partial charge is 0.493 e. The Balaban J connectivity index is 1.58. The molecule has 0 aliphatic heterocycles. The number of benzene rings is 1. The number of nitrogens with zero attached hydrogens (tertiary/aromatic N) is 6. The second-order valence-electron chi connectivity index (χ2n) is 7.19. The first kappa shape index (κ1) is 18.6. The fraction of sp³-hybridized carbons (Fsp3) is 0.200. The van der Waals surface area contributed by atoms with Gasteiger partial charge in [0.15, 0.2) is 5.65 Å². The van der Waals surface area contributed by atoms with Crippen molar-refractivity contribution >= 4 is 17.7 Å². The summed E-state index contributed by atoms with van der Waals surface area (Å²) < 4.78 is 1.54. The summed E-state index contributed by atoms with van der Waals surface area (Å²) in [6.07, 6.45) is 5.16. The summed E-state index contributed by atoms with van der Waals surface area (Å²) in [5.41, 5.74) is 2.10. The van der Waals surface area contributed by atoms with Crippen molar-refractivity contribution in [3.05, 3.63) is 68.6 Å². The summed E-state index contributed by atoms with van der Waals surface area (Å²) in [5, 5.41) is 27.0. The molecule has 154 valence electrons. The van der Waals surface area contributed by atoms with Gasteiger partial charge in [-0.05, 0) is 36.6 Å². The van der Waals surface area contributed by atoms with Crippen LogP contribution < -0.4 is 21.8 Å². The molecule has 4 aromatic rings. The van der Waals surface area contributed by atoms with Gasteiger partial charge in [0.1, 0.15) is 5.69 Å². The van der Waals surface area contributed by atoms with Gasteiger partial charge >= 0.3 is 5.69 Å². The molecule has 4 N–H and O–H groups in total. The van der Waals surface area contributed by atoms with Crippen LogP contribution in [0, 0.1) is 11.3 Å². The minimum absolute atomic E-state index is 0.222. The van der Waals surface area contributed by atoms with Crippen molar-refractivity contribution < 1.29 is 5.11 Å². The lowest BCUT2D eigenvalue weighted by atomic mass is 10.1. The number of hydrogen-bond donors (Lipinski definition) is 4. The Morgan fingerprint density at radius 3 is 2.97 bits per heavy atom. The maximum absolute atomic E-state index is 11.4. The first-order valence-electron chi connectivity index (χ1n) is 9.64. The lowest BCUT2D eigenvalue weighted by molar-refractivity contribution is 0.454. The number of anilines is 1. The van der Waals surface area contributed by atoms with E-state index >= 15 is 0 Å². The van der Waals surface area contributed by atoms with Crippen LogP contribution in [-0.2, 0) is 6.54 Å². The molecule has 5 rings (SSSR count). The van der Waals surface area contributed by atoms with Crippen LogP contribution in [0.25, 0.3) is 11.7 Å². The van der Waals surface area contributed by atoms with Crippen LogP contribution in [0.3, 0.4) is 0 Å². The van der Waals surface area contributed by atoms with E-state index in [-0.39, 0.29) is 17.6 Å². The van der Waals surface area contributed by atoms with E-state index in [1.165, 1.54) is 4.52 Å². The molecule has 0 saturated heterocycles. The van der Waals surface area contributed by atoms with Crippen LogP contribution >= 0.6 is 0 Å². The Labute approximate surface area is 174 Å². The minimum Gasteiger partial charge on any atom is -0.493 e. The lowest BCUT2D eigenvalue weighted by Gasteiger charge is -2.06. The number of hydrogen-bond acceptors (Lipinski definition) is 8. The first-order valence-corrected chi connectivity index (χ1v) is 9.64. The Morgan fingerprint density at radius 1 is 1.35 bits per heavy atom. The third-order valence-electron chi connectivity index (χ3n) is 4.76. The molecule has 1 aromatic carbocycles. The summed E-state index contributed by atoms with van der Waals surface area (Å²) >= 11 is 0. The van der Waals surface area contributed by atoms with Gasteiger partial charge in [-0.25, -0.2) is 9.79 Å². The van der Waals surface area contributed by atoms with Crippen molar-refractivity contribution in [3.8, 4) is 11.9 Å². The molecule has 0 radical (unpaired) electrons. The van der Waals surface area contributed by atoms with Gasteiger partial charge in [-0.2, -0.15) is 24.8 Å². The number of aromatic hydroxyl groups is 1. The highest BCUT2D eigenvalue weighted by atomic mass is 16.3. The predicted octanol–water partition coefficient (Wildman–Crippen LogP) is -0.0591.